The van der Waals surface area contributed by atoms with Crippen LogP contribution in [-0.2, 0) is 18.3 Å². The lowest BCUT2D eigenvalue weighted by Gasteiger charge is -2.51. The van der Waals surface area contributed by atoms with Crippen molar-refractivity contribution in [1.82, 2.24) is 20.3 Å². The quantitative estimate of drug-likeness (QED) is 0.835. The van der Waals surface area contributed by atoms with Gasteiger partial charge in [-0.2, -0.15) is 0 Å². The summed E-state index contributed by atoms with van der Waals surface area (Å²) in [6, 6.07) is 0.501. The van der Waals surface area contributed by atoms with E-state index in [0.29, 0.717) is 12.1 Å². The zero-order valence-electron chi connectivity index (χ0n) is 11.1. The maximum absolute atomic E-state index is 5.71. The van der Waals surface area contributed by atoms with E-state index < -0.39 is 0 Å². The largest absolute Gasteiger partial charge is 0.378 e. The van der Waals surface area contributed by atoms with Crippen molar-refractivity contribution in [2.45, 2.75) is 45.9 Å². The van der Waals surface area contributed by atoms with E-state index in [-0.39, 0.29) is 5.41 Å². The molecule has 1 aromatic heterocycles. The Bertz CT molecular complexity index is 374. The zero-order chi connectivity index (χ0) is 12.5. The standard InChI is InChI=1S/C12H22N4O/c1-5-17-11-6-10(12(11,2)3)13-7-9-8-16(4)15-14-9/h8,10-11,13H,5-7H2,1-4H3. The normalized spacial score (nSPS) is 26.8. The topological polar surface area (TPSA) is 52.0 Å². The van der Waals surface area contributed by atoms with Gasteiger partial charge in [-0.3, -0.25) is 4.68 Å². The lowest BCUT2D eigenvalue weighted by atomic mass is 9.64. The van der Waals surface area contributed by atoms with Gasteiger partial charge >= 0.3 is 0 Å². The molecule has 2 atom stereocenters. The number of rotatable bonds is 5. The average molecular weight is 238 g/mol. The fraction of sp³-hybridized carbons (Fsp3) is 0.833. The molecule has 0 amide bonds. The van der Waals surface area contributed by atoms with Gasteiger partial charge in [0.05, 0.1) is 11.8 Å². The minimum absolute atomic E-state index is 0.207. The van der Waals surface area contributed by atoms with Gasteiger partial charge in [-0.25, -0.2) is 0 Å². The highest BCUT2D eigenvalue weighted by Crippen LogP contribution is 2.42. The van der Waals surface area contributed by atoms with Crippen molar-refractivity contribution in [3.05, 3.63) is 11.9 Å². The summed E-state index contributed by atoms with van der Waals surface area (Å²) in [6.45, 7) is 8.14. The lowest BCUT2D eigenvalue weighted by molar-refractivity contribution is -0.114. The minimum Gasteiger partial charge on any atom is -0.378 e. The van der Waals surface area contributed by atoms with Crippen LogP contribution in [0.4, 0.5) is 0 Å². The number of hydrogen-bond acceptors (Lipinski definition) is 4. The second kappa shape index (κ2) is 4.74. The van der Waals surface area contributed by atoms with Gasteiger partial charge in [-0.1, -0.05) is 19.1 Å². The summed E-state index contributed by atoms with van der Waals surface area (Å²) in [5.41, 5.74) is 1.20. The summed E-state index contributed by atoms with van der Waals surface area (Å²) >= 11 is 0. The van der Waals surface area contributed by atoms with Gasteiger partial charge in [0, 0.05) is 37.9 Å². The zero-order valence-corrected chi connectivity index (χ0v) is 11.1. The molecule has 5 nitrogen and oxygen atoms in total. The number of ether oxygens (including phenoxy) is 1. The Kier molecular flexibility index (Phi) is 3.49. The van der Waals surface area contributed by atoms with Crippen LogP contribution in [0.1, 0.15) is 32.9 Å². The van der Waals surface area contributed by atoms with E-state index >= 15 is 0 Å². The minimum atomic E-state index is 0.207. The van der Waals surface area contributed by atoms with Gasteiger partial charge in [-0.15, -0.1) is 5.10 Å². The molecule has 1 saturated carbocycles. The van der Waals surface area contributed by atoms with Crippen LogP contribution in [-0.4, -0.2) is 33.7 Å². The lowest BCUT2D eigenvalue weighted by Crippen LogP contribution is -2.60. The van der Waals surface area contributed by atoms with Gasteiger partial charge in [0.1, 0.15) is 0 Å². The molecule has 1 fully saturated rings. The third kappa shape index (κ3) is 2.50. The molecule has 0 radical (unpaired) electrons. The summed E-state index contributed by atoms with van der Waals surface area (Å²) in [7, 11) is 1.88. The molecular formula is C12H22N4O. The Labute approximate surface area is 103 Å². The monoisotopic (exact) mass is 238 g/mol. The van der Waals surface area contributed by atoms with Crippen LogP contribution in [0.3, 0.4) is 0 Å². The molecule has 2 unspecified atom stereocenters. The number of nitrogens with one attached hydrogen (secondary N) is 1. The van der Waals surface area contributed by atoms with Crippen molar-refractivity contribution in [3.63, 3.8) is 0 Å². The number of aryl methyl sites for hydroxylation is 1. The van der Waals surface area contributed by atoms with Crippen LogP contribution < -0.4 is 5.32 Å². The van der Waals surface area contributed by atoms with E-state index in [0.717, 1.165) is 25.3 Å². The first-order valence-corrected chi connectivity index (χ1v) is 6.24. The van der Waals surface area contributed by atoms with Gasteiger partial charge < -0.3 is 10.1 Å². The van der Waals surface area contributed by atoms with E-state index in [4.69, 9.17) is 4.74 Å². The number of nitrogens with zero attached hydrogens (tertiary/aromatic N) is 3. The maximum Gasteiger partial charge on any atom is 0.0964 e. The van der Waals surface area contributed by atoms with Crippen LogP contribution in [0.15, 0.2) is 6.20 Å². The van der Waals surface area contributed by atoms with Crippen LogP contribution >= 0.6 is 0 Å². The predicted octanol–water partition coefficient (Wildman–Crippen LogP) is 1.11. The molecule has 0 aliphatic heterocycles. The second-order valence-corrected chi connectivity index (χ2v) is 5.32. The summed E-state index contributed by atoms with van der Waals surface area (Å²) in [6.07, 6.45) is 3.41. The molecule has 1 aliphatic carbocycles. The fourth-order valence-electron chi connectivity index (χ4n) is 2.42. The third-order valence-electron chi connectivity index (χ3n) is 3.73. The predicted molar refractivity (Wildman–Crippen MR) is 65.4 cm³/mol. The first-order chi connectivity index (χ1) is 8.04. The highest BCUT2D eigenvalue weighted by atomic mass is 16.5. The molecule has 2 rings (SSSR count). The Hall–Kier alpha value is -0.940. The van der Waals surface area contributed by atoms with Gasteiger partial charge in [0.25, 0.3) is 0 Å². The molecule has 0 aromatic carbocycles. The van der Waals surface area contributed by atoms with Crippen molar-refractivity contribution in [1.29, 1.82) is 0 Å². The first-order valence-electron chi connectivity index (χ1n) is 6.24. The SMILES string of the molecule is CCOC1CC(NCc2cn(C)nn2)C1(C)C. The molecule has 96 valence electrons. The fourth-order valence-corrected chi connectivity index (χ4v) is 2.42. The Morgan fingerprint density at radius 1 is 1.59 bits per heavy atom. The van der Waals surface area contributed by atoms with Crippen LogP contribution in [0.2, 0.25) is 0 Å². The molecule has 1 aromatic rings. The van der Waals surface area contributed by atoms with E-state index in [2.05, 4.69) is 36.4 Å². The molecule has 1 aliphatic rings. The smallest absolute Gasteiger partial charge is 0.0964 e. The van der Waals surface area contributed by atoms with Crippen molar-refractivity contribution in [2.75, 3.05) is 6.61 Å². The van der Waals surface area contributed by atoms with Crippen LogP contribution in [0.5, 0.6) is 0 Å². The number of hydrogen-bond donors (Lipinski definition) is 1. The van der Waals surface area contributed by atoms with Gasteiger partial charge in [0.2, 0.25) is 0 Å². The summed E-state index contributed by atoms with van der Waals surface area (Å²) in [5, 5.41) is 11.5. The molecular weight excluding hydrogens is 216 g/mol. The van der Waals surface area contributed by atoms with Crippen molar-refractivity contribution in [3.8, 4) is 0 Å². The molecule has 1 heterocycles. The van der Waals surface area contributed by atoms with Crippen molar-refractivity contribution < 1.29 is 4.74 Å². The second-order valence-electron chi connectivity index (χ2n) is 5.32. The highest BCUT2D eigenvalue weighted by molar-refractivity contribution is 5.04. The average Bonchev–Trinajstić information content (AvgIpc) is 2.68. The Balaban J connectivity index is 1.82. The molecule has 5 heteroatoms. The van der Waals surface area contributed by atoms with Crippen LogP contribution in [0.25, 0.3) is 0 Å². The summed E-state index contributed by atoms with van der Waals surface area (Å²) in [4.78, 5) is 0. The highest BCUT2D eigenvalue weighted by Gasteiger charge is 2.48. The third-order valence-corrected chi connectivity index (χ3v) is 3.73. The molecule has 0 spiro atoms. The van der Waals surface area contributed by atoms with Crippen molar-refractivity contribution >= 4 is 0 Å². The summed E-state index contributed by atoms with van der Waals surface area (Å²) in [5.74, 6) is 0. The Morgan fingerprint density at radius 2 is 2.35 bits per heavy atom. The molecule has 0 bridgehead atoms. The van der Waals surface area contributed by atoms with Crippen LogP contribution in [0, 0.1) is 5.41 Å². The van der Waals surface area contributed by atoms with Gasteiger partial charge in [0.15, 0.2) is 0 Å². The first kappa shape index (κ1) is 12.5. The van der Waals surface area contributed by atoms with Gasteiger partial charge in [-0.05, 0) is 13.3 Å². The summed E-state index contributed by atoms with van der Waals surface area (Å²) < 4.78 is 7.44. The Morgan fingerprint density at radius 3 is 2.88 bits per heavy atom. The molecule has 17 heavy (non-hydrogen) atoms. The van der Waals surface area contributed by atoms with E-state index in [1.807, 2.05) is 13.2 Å². The number of aromatic nitrogens is 3. The van der Waals surface area contributed by atoms with Crippen molar-refractivity contribution in [2.24, 2.45) is 12.5 Å². The van der Waals surface area contributed by atoms with E-state index in [1.165, 1.54) is 0 Å². The maximum atomic E-state index is 5.71. The molecule has 0 saturated heterocycles. The molecule has 1 N–H and O–H groups in total. The van der Waals surface area contributed by atoms with E-state index in [1.54, 1.807) is 4.68 Å². The van der Waals surface area contributed by atoms with E-state index in [9.17, 15) is 0 Å².